The van der Waals surface area contributed by atoms with Crippen molar-refractivity contribution in [2.75, 3.05) is 5.75 Å². The quantitative estimate of drug-likeness (QED) is 0.414. The molecule has 13 heavy (non-hydrogen) atoms. The van der Waals surface area contributed by atoms with Gasteiger partial charge in [-0.1, -0.05) is 18.1 Å². The zero-order chi connectivity index (χ0) is 9.52. The van der Waals surface area contributed by atoms with Crippen LogP contribution >= 0.6 is 11.8 Å². The maximum absolute atomic E-state index is 10.5. The van der Waals surface area contributed by atoms with Gasteiger partial charge in [-0.3, -0.25) is 4.79 Å². The molecule has 0 heterocycles. The Labute approximate surface area is 82.5 Å². The Morgan fingerprint density at radius 1 is 1.54 bits per heavy atom. The van der Waals surface area contributed by atoms with Gasteiger partial charge in [0.1, 0.15) is 6.29 Å². The highest BCUT2D eigenvalue weighted by atomic mass is 32.2. The van der Waals surface area contributed by atoms with Crippen LogP contribution in [0.15, 0.2) is 29.2 Å². The van der Waals surface area contributed by atoms with Gasteiger partial charge >= 0.3 is 0 Å². The average Bonchev–Trinajstić information content (AvgIpc) is 2.19. The summed E-state index contributed by atoms with van der Waals surface area (Å²) in [7, 11) is 0. The molecule has 0 atom stereocenters. The van der Waals surface area contributed by atoms with Crippen LogP contribution in [0.1, 0.15) is 17.3 Å². The molecule has 1 nitrogen and oxygen atoms in total. The van der Waals surface area contributed by atoms with Gasteiger partial charge in [0.05, 0.1) is 5.75 Å². The van der Waals surface area contributed by atoms with Gasteiger partial charge in [-0.15, -0.1) is 17.7 Å². The van der Waals surface area contributed by atoms with Gasteiger partial charge in [-0.05, 0) is 19.1 Å². The second-order valence-corrected chi connectivity index (χ2v) is 3.45. The van der Waals surface area contributed by atoms with Gasteiger partial charge in [0.25, 0.3) is 0 Å². The van der Waals surface area contributed by atoms with Crippen LogP contribution < -0.4 is 0 Å². The summed E-state index contributed by atoms with van der Waals surface area (Å²) in [5, 5.41) is 0. The SMILES string of the molecule is CC#CCSc1cccc(C=O)c1. The summed E-state index contributed by atoms with van der Waals surface area (Å²) >= 11 is 1.64. The third kappa shape index (κ3) is 3.35. The van der Waals surface area contributed by atoms with E-state index in [1.165, 1.54) is 0 Å². The van der Waals surface area contributed by atoms with Crippen molar-refractivity contribution in [1.29, 1.82) is 0 Å². The number of rotatable bonds is 3. The summed E-state index contributed by atoms with van der Waals surface area (Å²) < 4.78 is 0. The van der Waals surface area contributed by atoms with Crippen LogP contribution in [0.25, 0.3) is 0 Å². The maximum Gasteiger partial charge on any atom is 0.150 e. The summed E-state index contributed by atoms with van der Waals surface area (Å²) in [5.74, 6) is 6.56. The average molecular weight is 190 g/mol. The Morgan fingerprint density at radius 2 is 2.38 bits per heavy atom. The van der Waals surface area contributed by atoms with E-state index < -0.39 is 0 Å². The van der Waals surface area contributed by atoms with Gasteiger partial charge in [0, 0.05) is 10.5 Å². The number of carbonyl (C=O) groups is 1. The molecule has 1 aromatic carbocycles. The molecule has 0 spiro atoms. The molecule has 0 fully saturated rings. The highest BCUT2D eigenvalue weighted by Crippen LogP contribution is 2.17. The molecule has 0 unspecified atom stereocenters. The number of benzene rings is 1. The Hall–Kier alpha value is -1.20. The second-order valence-electron chi connectivity index (χ2n) is 2.41. The molecule has 0 aliphatic rings. The maximum atomic E-state index is 10.5. The third-order valence-electron chi connectivity index (χ3n) is 1.48. The first-order chi connectivity index (χ1) is 6.36. The van der Waals surface area contributed by atoms with Crippen LogP contribution in [0.2, 0.25) is 0 Å². The third-order valence-corrected chi connectivity index (χ3v) is 2.36. The monoisotopic (exact) mass is 190 g/mol. The molecular formula is C11H10OS. The van der Waals surface area contributed by atoms with Crippen LogP contribution in [0.5, 0.6) is 0 Å². The minimum Gasteiger partial charge on any atom is -0.298 e. The van der Waals surface area contributed by atoms with E-state index in [9.17, 15) is 4.79 Å². The van der Waals surface area contributed by atoms with E-state index in [-0.39, 0.29) is 0 Å². The smallest absolute Gasteiger partial charge is 0.150 e. The molecule has 0 bridgehead atoms. The summed E-state index contributed by atoms with van der Waals surface area (Å²) in [4.78, 5) is 11.5. The largest absolute Gasteiger partial charge is 0.298 e. The van der Waals surface area contributed by atoms with E-state index in [0.717, 1.165) is 22.5 Å². The molecule has 0 aliphatic carbocycles. The topological polar surface area (TPSA) is 17.1 Å². The molecule has 0 radical (unpaired) electrons. The first kappa shape index (κ1) is 9.88. The van der Waals surface area contributed by atoms with E-state index in [4.69, 9.17) is 0 Å². The fourth-order valence-corrected chi connectivity index (χ4v) is 1.65. The molecule has 0 aliphatic heterocycles. The number of thioether (sulfide) groups is 1. The van der Waals surface area contributed by atoms with Gasteiger partial charge in [-0.25, -0.2) is 0 Å². The van der Waals surface area contributed by atoms with Crippen LogP contribution in [-0.2, 0) is 0 Å². The van der Waals surface area contributed by atoms with Crippen molar-refractivity contribution in [1.82, 2.24) is 0 Å². The van der Waals surface area contributed by atoms with Crippen LogP contribution in [0.4, 0.5) is 0 Å². The summed E-state index contributed by atoms with van der Waals surface area (Å²) in [5.41, 5.74) is 0.717. The minimum absolute atomic E-state index is 0.717. The van der Waals surface area contributed by atoms with Gasteiger partial charge < -0.3 is 0 Å². The minimum atomic E-state index is 0.717. The Kier molecular flexibility index (Phi) is 4.14. The predicted octanol–water partition coefficient (Wildman–Crippen LogP) is 2.61. The van der Waals surface area contributed by atoms with Crippen molar-refractivity contribution >= 4 is 18.0 Å². The lowest BCUT2D eigenvalue weighted by Crippen LogP contribution is -1.80. The molecular weight excluding hydrogens is 180 g/mol. The van der Waals surface area contributed by atoms with Crippen molar-refractivity contribution in [3.8, 4) is 11.8 Å². The van der Waals surface area contributed by atoms with Crippen LogP contribution in [0.3, 0.4) is 0 Å². The van der Waals surface area contributed by atoms with E-state index >= 15 is 0 Å². The van der Waals surface area contributed by atoms with E-state index in [1.807, 2.05) is 25.1 Å². The molecule has 0 saturated heterocycles. The number of carbonyl (C=O) groups excluding carboxylic acids is 1. The zero-order valence-electron chi connectivity index (χ0n) is 7.41. The van der Waals surface area contributed by atoms with E-state index in [1.54, 1.807) is 17.8 Å². The molecule has 1 aromatic rings. The lowest BCUT2D eigenvalue weighted by molar-refractivity contribution is 0.112. The first-order valence-electron chi connectivity index (χ1n) is 3.94. The first-order valence-corrected chi connectivity index (χ1v) is 4.93. The fraction of sp³-hybridized carbons (Fsp3) is 0.182. The predicted molar refractivity (Wildman–Crippen MR) is 56.0 cm³/mol. The van der Waals surface area contributed by atoms with Crippen LogP contribution in [0, 0.1) is 11.8 Å². The molecule has 1 rings (SSSR count). The summed E-state index contributed by atoms with van der Waals surface area (Å²) in [6, 6.07) is 7.53. The normalized spacial score (nSPS) is 8.69. The molecule has 0 saturated carbocycles. The lowest BCUT2D eigenvalue weighted by atomic mass is 10.2. The lowest BCUT2D eigenvalue weighted by Gasteiger charge is -1.97. The van der Waals surface area contributed by atoms with Crippen molar-refractivity contribution in [2.45, 2.75) is 11.8 Å². The Morgan fingerprint density at radius 3 is 3.08 bits per heavy atom. The van der Waals surface area contributed by atoms with Gasteiger partial charge in [-0.2, -0.15) is 0 Å². The Balaban J connectivity index is 2.64. The van der Waals surface area contributed by atoms with E-state index in [2.05, 4.69) is 11.8 Å². The molecule has 0 aromatic heterocycles. The van der Waals surface area contributed by atoms with E-state index in [0.29, 0.717) is 0 Å². The summed E-state index contributed by atoms with van der Waals surface area (Å²) in [6.45, 7) is 1.82. The molecule has 0 amide bonds. The van der Waals surface area contributed by atoms with Crippen molar-refractivity contribution in [3.05, 3.63) is 29.8 Å². The van der Waals surface area contributed by atoms with Gasteiger partial charge in [0.15, 0.2) is 0 Å². The Bertz CT molecular complexity index is 347. The second kappa shape index (κ2) is 5.45. The molecule has 2 heteroatoms. The molecule has 0 N–H and O–H groups in total. The number of hydrogen-bond donors (Lipinski definition) is 0. The number of hydrogen-bond acceptors (Lipinski definition) is 2. The van der Waals surface area contributed by atoms with Crippen molar-refractivity contribution < 1.29 is 4.79 Å². The highest BCUT2D eigenvalue weighted by molar-refractivity contribution is 7.99. The van der Waals surface area contributed by atoms with Crippen LogP contribution in [-0.4, -0.2) is 12.0 Å². The van der Waals surface area contributed by atoms with Gasteiger partial charge in [0.2, 0.25) is 0 Å². The zero-order valence-corrected chi connectivity index (χ0v) is 8.23. The standard InChI is InChI=1S/C11H10OS/c1-2-3-7-13-11-6-4-5-10(8-11)9-12/h4-6,8-9H,7H2,1H3. The molecule has 66 valence electrons. The highest BCUT2D eigenvalue weighted by Gasteiger charge is 1.93. The number of aldehydes is 1. The van der Waals surface area contributed by atoms with Crippen molar-refractivity contribution in [2.24, 2.45) is 0 Å². The summed E-state index contributed by atoms with van der Waals surface area (Å²) in [6.07, 6.45) is 0.857. The van der Waals surface area contributed by atoms with Crippen molar-refractivity contribution in [3.63, 3.8) is 0 Å². The fourth-order valence-electron chi connectivity index (χ4n) is 0.869.